The Morgan fingerprint density at radius 3 is 2.72 bits per heavy atom. The standard InChI is InChI=1S/C26H26FN3O2/c1-3-4-13-32-21-8-9-22(23(27)15-21)26(31)29-24-10-7-20-14-19(16-28-25(20)18(24)2)17-30-11-5-6-12-30/h5-12,14-16H,3-4,13,17H2,1-2H3,(H,29,31). The van der Waals surface area contributed by atoms with Crippen LogP contribution in [-0.4, -0.2) is 22.1 Å². The second kappa shape index (κ2) is 9.64. The van der Waals surface area contributed by atoms with Crippen molar-refractivity contribution in [2.24, 2.45) is 0 Å². The molecule has 0 fully saturated rings. The predicted octanol–water partition coefficient (Wildman–Crippen LogP) is 5.96. The largest absolute Gasteiger partial charge is 0.493 e. The average Bonchev–Trinajstić information content (AvgIpc) is 3.29. The number of unbranched alkanes of at least 4 members (excludes halogenated alkanes) is 1. The van der Waals surface area contributed by atoms with Gasteiger partial charge in [0.1, 0.15) is 11.6 Å². The maximum atomic E-state index is 14.5. The first kappa shape index (κ1) is 21.6. The van der Waals surface area contributed by atoms with Gasteiger partial charge < -0.3 is 14.6 Å². The van der Waals surface area contributed by atoms with Gasteiger partial charge >= 0.3 is 0 Å². The van der Waals surface area contributed by atoms with Crippen LogP contribution in [0.2, 0.25) is 0 Å². The summed E-state index contributed by atoms with van der Waals surface area (Å²) >= 11 is 0. The average molecular weight is 432 g/mol. The molecule has 0 aliphatic carbocycles. The van der Waals surface area contributed by atoms with Crippen molar-refractivity contribution in [1.82, 2.24) is 9.55 Å². The van der Waals surface area contributed by atoms with E-state index in [4.69, 9.17) is 4.74 Å². The molecule has 2 heterocycles. The molecule has 4 rings (SSSR count). The Morgan fingerprint density at radius 1 is 1.16 bits per heavy atom. The summed E-state index contributed by atoms with van der Waals surface area (Å²) in [7, 11) is 0. The number of anilines is 1. The van der Waals surface area contributed by atoms with Crippen LogP contribution in [0.5, 0.6) is 5.75 Å². The highest BCUT2D eigenvalue weighted by Crippen LogP contribution is 2.26. The van der Waals surface area contributed by atoms with E-state index in [-0.39, 0.29) is 5.56 Å². The number of carbonyl (C=O) groups excluding carboxylic acids is 1. The van der Waals surface area contributed by atoms with Gasteiger partial charge in [0.25, 0.3) is 5.91 Å². The summed E-state index contributed by atoms with van der Waals surface area (Å²) in [4.78, 5) is 17.3. The maximum Gasteiger partial charge on any atom is 0.258 e. The van der Waals surface area contributed by atoms with E-state index in [0.29, 0.717) is 18.0 Å². The molecule has 4 aromatic rings. The number of halogens is 1. The molecule has 0 spiro atoms. The number of rotatable bonds is 8. The van der Waals surface area contributed by atoms with Crippen molar-refractivity contribution in [3.05, 3.63) is 89.6 Å². The summed E-state index contributed by atoms with van der Waals surface area (Å²) in [6.07, 6.45) is 7.76. The van der Waals surface area contributed by atoms with Crippen LogP contribution in [0.4, 0.5) is 10.1 Å². The molecule has 0 atom stereocenters. The first-order valence-electron chi connectivity index (χ1n) is 10.8. The van der Waals surface area contributed by atoms with Crippen molar-refractivity contribution in [2.75, 3.05) is 11.9 Å². The number of benzene rings is 2. The third-order valence-corrected chi connectivity index (χ3v) is 5.39. The van der Waals surface area contributed by atoms with E-state index in [1.165, 1.54) is 12.1 Å². The number of amides is 1. The lowest BCUT2D eigenvalue weighted by Crippen LogP contribution is -2.15. The van der Waals surface area contributed by atoms with Gasteiger partial charge in [-0.2, -0.15) is 0 Å². The third-order valence-electron chi connectivity index (χ3n) is 5.39. The van der Waals surface area contributed by atoms with Gasteiger partial charge in [-0.1, -0.05) is 19.4 Å². The normalized spacial score (nSPS) is 11.0. The lowest BCUT2D eigenvalue weighted by Gasteiger charge is -2.13. The Balaban J connectivity index is 1.51. The van der Waals surface area contributed by atoms with Crippen molar-refractivity contribution in [3.8, 4) is 5.75 Å². The number of fused-ring (bicyclic) bond motifs is 1. The number of nitrogens with one attached hydrogen (secondary N) is 1. The van der Waals surface area contributed by atoms with Gasteiger partial charge in [-0.25, -0.2) is 4.39 Å². The van der Waals surface area contributed by atoms with Crippen molar-refractivity contribution in [2.45, 2.75) is 33.2 Å². The molecule has 0 unspecified atom stereocenters. The Hall–Kier alpha value is -3.67. The van der Waals surface area contributed by atoms with Crippen molar-refractivity contribution in [1.29, 1.82) is 0 Å². The van der Waals surface area contributed by atoms with Crippen LogP contribution in [0.15, 0.2) is 67.1 Å². The monoisotopic (exact) mass is 431 g/mol. The molecule has 32 heavy (non-hydrogen) atoms. The van der Waals surface area contributed by atoms with E-state index < -0.39 is 11.7 Å². The molecule has 1 N–H and O–H groups in total. The zero-order valence-electron chi connectivity index (χ0n) is 18.3. The highest BCUT2D eigenvalue weighted by atomic mass is 19.1. The molecular weight excluding hydrogens is 405 g/mol. The third kappa shape index (κ3) is 4.80. The summed E-state index contributed by atoms with van der Waals surface area (Å²) < 4.78 is 22.1. The molecule has 2 aromatic heterocycles. The number of hydrogen-bond donors (Lipinski definition) is 1. The first-order chi connectivity index (χ1) is 15.5. The van der Waals surface area contributed by atoms with Crippen LogP contribution in [0.3, 0.4) is 0 Å². The number of hydrogen-bond acceptors (Lipinski definition) is 3. The summed E-state index contributed by atoms with van der Waals surface area (Å²) in [5.74, 6) is -0.689. The minimum Gasteiger partial charge on any atom is -0.493 e. The second-order valence-electron chi connectivity index (χ2n) is 7.81. The number of carbonyl (C=O) groups is 1. The van der Waals surface area contributed by atoms with E-state index in [1.807, 2.05) is 49.8 Å². The molecule has 5 nitrogen and oxygen atoms in total. The molecule has 0 radical (unpaired) electrons. The van der Waals surface area contributed by atoms with E-state index in [2.05, 4.69) is 27.9 Å². The van der Waals surface area contributed by atoms with Crippen molar-refractivity contribution >= 4 is 22.5 Å². The van der Waals surface area contributed by atoms with Crippen LogP contribution < -0.4 is 10.1 Å². The quantitative estimate of drug-likeness (QED) is 0.350. The molecule has 6 heteroatoms. The number of nitrogens with zero attached hydrogens (tertiary/aromatic N) is 2. The molecule has 0 saturated heterocycles. The second-order valence-corrected chi connectivity index (χ2v) is 7.81. The predicted molar refractivity (Wildman–Crippen MR) is 125 cm³/mol. The van der Waals surface area contributed by atoms with Crippen LogP contribution in [0.25, 0.3) is 10.9 Å². The van der Waals surface area contributed by atoms with Gasteiger partial charge in [0.2, 0.25) is 0 Å². The Labute approximate surface area is 186 Å². The smallest absolute Gasteiger partial charge is 0.258 e. The van der Waals surface area contributed by atoms with Gasteiger partial charge in [-0.3, -0.25) is 9.78 Å². The molecule has 0 aliphatic heterocycles. The molecular formula is C26H26FN3O2. The van der Waals surface area contributed by atoms with Gasteiger partial charge in [0.15, 0.2) is 0 Å². The zero-order chi connectivity index (χ0) is 22.5. The number of ether oxygens (including phenoxy) is 1. The van der Waals surface area contributed by atoms with Gasteiger partial charge in [0, 0.05) is 42.3 Å². The van der Waals surface area contributed by atoms with E-state index >= 15 is 0 Å². The SMILES string of the molecule is CCCCOc1ccc(C(=O)Nc2ccc3cc(Cn4cccc4)cnc3c2C)c(F)c1. The lowest BCUT2D eigenvalue weighted by molar-refractivity contribution is 0.102. The fourth-order valence-electron chi connectivity index (χ4n) is 3.60. The number of aryl methyl sites for hydroxylation is 1. The van der Waals surface area contributed by atoms with Crippen LogP contribution in [0.1, 0.15) is 41.3 Å². The van der Waals surface area contributed by atoms with Crippen molar-refractivity contribution in [3.63, 3.8) is 0 Å². The molecule has 1 amide bonds. The van der Waals surface area contributed by atoms with E-state index in [1.54, 1.807) is 6.07 Å². The van der Waals surface area contributed by atoms with Crippen molar-refractivity contribution < 1.29 is 13.9 Å². The summed E-state index contributed by atoms with van der Waals surface area (Å²) in [5, 5.41) is 3.81. The topological polar surface area (TPSA) is 56.1 Å². The Kier molecular flexibility index (Phi) is 6.50. The fraction of sp³-hybridized carbons (Fsp3) is 0.231. The van der Waals surface area contributed by atoms with Crippen LogP contribution in [0, 0.1) is 12.7 Å². The number of aromatic nitrogens is 2. The minimum absolute atomic E-state index is 0.0256. The molecule has 0 aliphatic rings. The highest BCUT2D eigenvalue weighted by Gasteiger charge is 2.15. The summed E-state index contributed by atoms with van der Waals surface area (Å²) in [6.45, 7) is 5.23. The maximum absolute atomic E-state index is 14.5. The summed E-state index contributed by atoms with van der Waals surface area (Å²) in [5.41, 5.74) is 3.31. The highest BCUT2D eigenvalue weighted by molar-refractivity contribution is 6.06. The lowest BCUT2D eigenvalue weighted by atomic mass is 10.1. The molecule has 0 bridgehead atoms. The minimum atomic E-state index is -0.609. The van der Waals surface area contributed by atoms with E-state index in [0.717, 1.165) is 41.4 Å². The van der Waals surface area contributed by atoms with E-state index in [9.17, 15) is 9.18 Å². The molecule has 2 aromatic carbocycles. The Morgan fingerprint density at radius 2 is 1.97 bits per heavy atom. The molecule has 0 saturated carbocycles. The first-order valence-corrected chi connectivity index (χ1v) is 10.8. The van der Waals surface area contributed by atoms with Crippen LogP contribution >= 0.6 is 0 Å². The van der Waals surface area contributed by atoms with Gasteiger partial charge in [0.05, 0.1) is 17.7 Å². The van der Waals surface area contributed by atoms with Crippen LogP contribution in [-0.2, 0) is 6.54 Å². The fourth-order valence-corrected chi connectivity index (χ4v) is 3.60. The van der Waals surface area contributed by atoms with Gasteiger partial charge in [-0.15, -0.1) is 0 Å². The molecule has 164 valence electrons. The van der Waals surface area contributed by atoms with Gasteiger partial charge in [-0.05, 0) is 60.9 Å². The summed E-state index contributed by atoms with van der Waals surface area (Å²) in [6, 6.07) is 14.2. The Bertz CT molecular complexity index is 1240. The zero-order valence-corrected chi connectivity index (χ0v) is 18.3. The number of pyridine rings is 1.